The fourth-order valence-electron chi connectivity index (χ4n) is 3.91. The standard InChI is InChI=1S/C15H24O.C13H20O/c1-7-13-9-14(10(2)3)8-12(6)15(13)16-11(4)5;1-6-11-10(5)12(8(2)3)7-9(4)13(11)14/h8-11H,7H2,1-6H3;7-8,14H,6H2,1-5H3. The maximum atomic E-state index is 9.88. The van der Waals surface area contributed by atoms with E-state index in [1.165, 1.54) is 27.8 Å². The number of phenolic OH excluding ortho intramolecular Hbond substituents is 1. The minimum absolute atomic E-state index is 0.244. The third-order valence-electron chi connectivity index (χ3n) is 5.67. The topological polar surface area (TPSA) is 29.5 Å². The zero-order valence-electron chi connectivity index (χ0n) is 21.2. The number of benzene rings is 2. The lowest BCUT2D eigenvalue weighted by atomic mass is 9.90. The Morgan fingerprint density at radius 3 is 1.83 bits per heavy atom. The molecule has 0 fully saturated rings. The monoisotopic (exact) mass is 412 g/mol. The molecule has 0 saturated heterocycles. The summed E-state index contributed by atoms with van der Waals surface area (Å²) in [7, 11) is 0. The zero-order valence-corrected chi connectivity index (χ0v) is 21.2. The Balaban J connectivity index is 0.000000303. The average molecular weight is 413 g/mol. The summed E-state index contributed by atoms with van der Waals surface area (Å²) in [5.41, 5.74) is 8.72. The summed E-state index contributed by atoms with van der Waals surface area (Å²) in [6.45, 7) is 23.5. The molecule has 1 N–H and O–H groups in total. The molecule has 0 aliphatic carbocycles. The molecule has 0 aromatic heterocycles. The van der Waals surface area contributed by atoms with E-state index in [9.17, 15) is 5.11 Å². The molecule has 2 nitrogen and oxygen atoms in total. The predicted molar refractivity (Wildman–Crippen MR) is 131 cm³/mol. The maximum Gasteiger partial charge on any atom is 0.125 e. The van der Waals surface area contributed by atoms with Crippen molar-refractivity contribution in [3.05, 3.63) is 57.1 Å². The SMILES string of the molecule is CCc1c(C)c(C(C)C)cc(C)c1O.CCc1cc(C(C)C)cc(C)c1OC(C)C. The summed E-state index contributed by atoms with van der Waals surface area (Å²) in [5.74, 6) is 2.67. The lowest BCUT2D eigenvalue weighted by molar-refractivity contribution is 0.238. The highest BCUT2D eigenvalue weighted by Crippen LogP contribution is 2.32. The molecule has 2 aromatic carbocycles. The van der Waals surface area contributed by atoms with Crippen molar-refractivity contribution in [2.75, 3.05) is 0 Å². The number of rotatable bonds is 6. The zero-order chi connectivity index (χ0) is 23.2. The van der Waals surface area contributed by atoms with E-state index in [0.717, 1.165) is 29.7 Å². The third-order valence-corrected chi connectivity index (χ3v) is 5.67. The molecule has 0 aliphatic heterocycles. The van der Waals surface area contributed by atoms with Gasteiger partial charge in [-0.05, 0) is 98.2 Å². The molecular formula is C28H44O2. The normalized spacial score (nSPS) is 11.1. The summed E-state index contributed by atoms with van der Waals surface area (Å²) in [4.78, 5) is 0. The van der Waals surface area contributed by atoms with Crippen LogP contribution in [0.4, 0.5) is 0 Å². The van der Waals surface area contributed by atoms with Gasteiger partial charge in [0.05, 0.1) is 6.10 Å². The van der Waals surface area contributed by atoms with Crippen molar-refractivity contribution in [2.45, 2.75) is 107 Å². The van der Waals surface area contributed by atoms with E-state index in [1.807, 2.05) is 6.92 Å². The number of hydrogen-bond acceptors (Lipinski definition) is 2. The van der Waals surface area contributed by atoms with Crippen LogP contribution >= 0.6 is 0 Å². The largest absolute Gasteiger partial charge is 0.507 e. The van der Waals surface area contributed by atoms with E-state index in [4.69, 9.17) is 4.74 Å². The Morgan fingerprint density at radius 1 is 0.800 bits per heavy atom. The highest BCUT2D eigenvalue weighted by atomic mass is 16.5. The molecule has 0 amide bonds. The summed E-state index contributed by atoms with van der Waals surface area (Å²) < 4.78 is 5.90. The van der Waals surface area contributed by atoms with E-state index in [2.05, 4.69) is 87.4 Å². The Labute approximate surface area is 185 Å². The third kappa shape index (κ3) is 6.52. The van der Waals surface area contributed by atoms with Crippen molar-refractivity contribution < 1.29 is 9.84 Å². The number of aromatic hydroxyl groups is 1. The smallest absolute Gasteiger partial charge is 0.125 e. The van der Waals surface area contributed by atoms with Gasteiger partial charge in [0.15, 0.2) is 0 Å². The van der Waals surface area contributed by atoms with Gasteiger partial charge >= 0.3 is 0 Å². The molecule has 0 saturated carbocycles. The van der Waals surface area contributed by atoms with E-state index in [1.54, 1.807) is 0 Å². The Morgan fingerprint density at radius 2 is 1.40 bits per heavy atom. The van der Waals surface area contributed by atoms with Gasteiger partial charge in [0, 0.05) is 0 Å². The number of aryl methyl sites for hydroxylation is 3. The van der Waals surface area contributed by atoms with Gasteiger partial charge in [-0.2, -0.15) is 0 Å². The van der Waals surface area contributed by atoms with Gasteiger partial charge in [0.1, 0.15) is 11.5 Å². The second-order valence-electron chi connectivity index (χ2n) is 9.24. The minimum Gasteiger partial charge on any atom is -0.507 e. The summed E-state index contributed by atoms with van der Waals surface area (Å²) in [5, 5.41) is 9.88. The summed E-state index contributed by atoms with van der Waals surface area (Å²) >= 11 is 0. The molecular weight excluding hydrogens is 368 g/mol. The van der Waals surface area contributed by atoms with Gasteiger partial charge in [-0.15, -0.1) is 0 Å². The number of ether oxygens (including phenoxy) is 1. The molecule has 0 heterocycles. The lowest BCUT2D eigenvalue weighted by Gasteiger charge is -2.18. The Hall–Kier alpha value is -1.96. The van der Waals surface area contributed by atoms with Gasteiger partial charge in [-0.25, -0.2) is 0 Å². The van der Waals surface area contributed by atoms with E-state index < -0.39 is 0 Å². The van der Waals surface area contributed by atoms with Crippen LogP contribution in [-0.2, 0) is 12.8 Å². The van der Waals surface area contributed by atoms with Crippen LogP contribution in [0.3, 0.4) is 0 Å². The lowest BCUT2D eigenvalue weighted by Crippen LogP contribution is -2.09. The van der Waals surface area contributed by atoms with Crippen LogP contribution in [0, 0.1) is 20.8 Å². The molecule has 2 rings (SSSR count). The van der Waals surface area contributed by atoms with Crippen LogP contribution in [0.15, 0.2) is 18.2 Å². The molecule has 2 aromatic rings. The van der Waals surface area contributed by atoms with Gasteiger partial charge in [0.25, 0.3) is 0 Å². The first kappa shape index (κ1) is 26.1. The van der Waals surface area contributed by atoms with Crippen molar-refractivity contribution in [2.24, 2.45) is 0 Å². The summed E-state index contributed by atoms with van der Waals surface area (Å²) in [6.07, 6.45) is 2.18. The van der Waals surface area contributed by atoms with Crippen LogP contribution < -0.4 is 4.74 Å². The average Bonchev–Trinajstić information content (AvgIpc) is 2.66. The fourth-order valence-corrected chi connectivity index (χ4v) is 3.91. The second-order valence-corrected chi connectivity index (χ2v) is 9.24. The maximum absolute atomic E-state index is 9.88. The van der Waals surface area contributed by atoms with Gasteiger partial charge in [-0.3, -0.25) is 0 Å². The first-order chi connectivity index (χ1) is 13.9. The Kier molecular flexibility index (Phi) is 9.94. The van der Waals surface area contributed by atoms with Crippen molar-refractivity contribution >= 4 is 0 Å². The molecule has 0 unspecified atom stereocenters. The first-order valence-corrected chi connectivity index (χ1v) is 11.6. The summed E-state index contributed by atoms with van der Waals surface area (Å²) in [6, 6.07) is 6.64. The number of phenols is 1. The minimum atomic E-state index is 0.244. The van der Waals surface area contributed by atoms with Crippen LogP contribution in [0.1, 0.15) is 106 Å². The molecule has 0 spiro atoms. The highest BCUT2D eigenvalue weighted by Gasteiger charge is 2.13. The van der Waals surface area contributed by atoms with Crippen molar-refractivity contribution in [3.8, 4) is 11.5 Å². The highest BCUT2D eigenvalue weighted by molar-refractivity contribution is 5.49. The first-order valence-electron chi connectivity index (χ1n) is 11.6. The quantitative estimate of drug-likeness (QED) is 0.518. The predicted octanol–water partition coefficient (Wildman–Crippen LogP) is 8.16. The second kappa shape index (κ2) is 11.4. The van der Waals surface area contributed by atoms with Crippen LogP contribution in [0.25, 0.3) is 0 Å². The van der Waals surface area contributed by atoms with Gasteiger partial charge < -0.3 is 9.84 Å². The van der Waals surface area contributed by atoms with Crippen LogP contribution in [-0.4, -0.2) is 11.2 Å². The van der Waals surface area contributed by atoms with E-state index in [0.29, 0.717) is 17.6 Å². The molecule has 0 aliphatic rings. The van der Waals surface area contributed by atoms with Crippen molar-refractivity contribution in [1.82, 2.24) is 0 Å². The number of hydrogen-bond donors (Lipinski definition) is 1. The molecule has 2 heteroatoms. The fraction of sp³-hybridized carbons (Fsp3) is 0.571. The van der Waals surface area contributed by atoms with Crippen molar-refractivity contribution in [3.63, 3.8) is 0 Å². The Bertz CT molecular complexity index is 829. The van der Waals surface area contributed by atoms with Gasteiger partial charge in [0.2, 0.25) is 0 Å². The molecule has 30 heavy (non-hydrogen) atoms. The molecule has 168 valence electrons. The van der Waals surface area contributed by atoms with Crippen LogP contribution in [0.5, 0.6) is 11.5 Å². The van der Waals surface area contributed by atoms with Crippen LogP contribution in [0.2, 0.25) is 0 Å². The van der Waals surface area contributed by atoms with Crippen molar-refractivity contribution in [1.29, 1.82) is 0 Å². The van der Waals surface area contributed by atoms with E-state index in [-0.39, 0.29) is 6.10 Å². The molecule has 0 atom stereocenters. The van der Waals surface area contributed by atoms with Gasteiger partial charge in [-0.1, -0.05) is 59.7 Å². The molecule has 0 radical (unpaired) electrons. The molecule has 0 bridgehead atoms. The van der Waals surface area contributed by atoms with E-state index >= 15 is 0 Å².